The number of phosphoric acid groups is 2. The largest absolute Gasteiger partial charge is 0.472 e. The summed E-state index contributed by atoms with van der Waals surface area (Å²) in [5.41, 5.74) is 0. The summed E-state index contributed by atoms with van der Waals surface area (Å²) in [5, 5.41) is 10.6. The van der Waals surface area contributed by atoms with Gasteiger partial charge < -0.3 is 33.8 Å². The predicted octanol–water partition coefficient (Wildman–Crippen LogP) is 20.3. The minimum atomic E-state index is -4.95. The minimum Gasteiger partial charge on any atom is -0.462 e. The highest BCUT2D eigenvalue weighted by Gasteiger charge is 2.30. The molecule has 0 aliphatic rings. The van der Waals surface area contributed by atoms with Crippen LogP contribution in [-0.2, 0) is 65.4 Å². The highest BCUT2D eigenvalue weighted by Crippen LogP contribution is 2.45. The van der Waals surface area contributed by atoms with Gasteiger partial charge >= 0.3 is 39.5 Å². The number of aliphatic hydroxyl groups excluding tert-OH is 1. The van der Waals surface area contributed by atoms with Crippen LogP contribution in [0.4, 0.5) is 0 Å². The average molecular weight is 1310 g/mol. The van der Waals surface area contributed by atoms with Gasteiger partial charge in [-0.3, -0.25) is 37.3 Å². The molecule has 528 valence electrons. The normalized spacial score (nSPS) is 14.0. The number of carbonyl (C=O) groups is 4. The van der Waals surface area contributed by atoms with E-state index < -0.39 is 97.5 Å². The molecule has 0 saturated carbocycles. The first kappa shape index (κ1) is 87.1. The lowest BCUT2D eigenvalue weighted by molar-refractivity contribution is -0.161. The number of hydrogen-bond donors (Lipinski definition) is 3. The molecule has 0 radical (unpaired) electrons. The Balaban J connectivity index is 5.19. The van der Waals surface area contributed by atoms with Crippen molar-refractivity contribution < 1.29 is 80.2 Å². The van der Waals surface area contributed by atoms with Crippen molar-refractivity contribution in [3.63, 3.8) is 0 Å². The van der Waals surface area contributed by atoms with Crippen LogP contribution in [0.3, 0.4) is 0 Å². The summed E-state index contributed by atoms with van der Waals surface area (Å²) in [7, 11) is -9.89. The molecule has 0 aromatic carbocycles. The van der Waals surface area contributed by atoms with Crippen molar-refractivity contribution in [3.8, 4) is 0 Å². The molecule has 0 heterocycles. The second-order valence-corrected chi connectivity index (χ2v) is 28.2. The number of unbranched alkanes of at least 4 members (excludes halogenated alkanes) is 45. The predicted molar refractivity (Wildman–Crippen MR) is 359 cm³/mol. The van der Waals surface area contributed by atoms with Crippen molar-refractivity contribution in [2.75, 3.05) is 39.6 Å². The van der Waals surface area contributed by atoms with Crippen molar-refractivity contribution >= 4 is 39.5 Å². The van der Waals surface area contributed by atoms with Gasteiger partial charge in [-0.05, 0) is 25.7 Å². The van der Waals surface area contributed by atoms with E-state index in [9.17, 15) is 43.2 Å². The topological polar surface area (TPSA) is 237 Å². The molecule has 0 rings (SSSR count). The quantitative estimate of drug-likeness (QED) is 0.0222. The molecule has 0 amide bonds. The van der Waals surface area contributed by atoms with Gasteiger partial charge in [0.1, 0.15) is 19.3 Å². The molecule has 89 heavy (non-hydrogen) atoms. The van der Waals surface area contributed by atoms with Gasteiger partial charge in [0.05, 0.1) is 26.4 Å². The third-order valence-corrected chi connectivity index (χ3v) is 18.3. The maximum absolute atomic E-state index is 13.0. The fraction of sp³-hybridized carbons (Fsp3) is 0.943. The number of esters is 4. The van der Waals surface area contributed by atoms with E-state index in [1.54, 1.807) is 0 Å². The first-order valence-electron chi connectivity index (χ1n) is 36.8. The maximum atomic E-state index is 13.0. The standard InChI is InChI=1S/C70H136O17P2/c1-5-9-13-17-21-24-27-29-31-32-34-36-38-41-45-49-53-57-70(75)87-66(61-81-68(73)55-51-47-43-40-37-35-33-30-28-25-22-18-14-10-6-2)63-85-89(78,79)83-59-64(71)58-82-88(76,77)84-62-65(60-80-67(72)54-50-46-42-20-16-12-8-4)86-69(74)56-52-48-44-39-26-23-19-15-11-7-3/h64-66,71H,5-63H2,1-4H3,(H,76,77)(H,78,79)/t64-,65+,66+/m0/s1. The molecule has 0 aliphatic carbocycles. The van der Waals surface area contributed by atoms with Crippen molar-refractivity contribution in [2.24, 2.45) is 0 Å². The molecule has 0 fully saturated rings. The Labute approximate surface area is 543 Å². The molecule has 0 bridgehead atoms. The van der Waals surface area contributed by atoms with Crippen LogP contribution in [-0.4, -0.2) is 96.7 Å². The smallest absolute Gasteiger partial charge is 0.462 e. The molecule has 17 nitrogen and oxygen atoms in total. The Bertz CT molecular complexity index is 1710. The third-order valence-electron chi connectivity index (χ3n) is 16.4. The second kappa shape index (κ2) is 64.8. The molecular weight excluding hydrogens is 1170 g/mol. The van der Waals surface area contributed by atoms with Crippen LogP contribution in [0.15, 0.2) is 0 Å². The number of phosphoric ester groups is 2. The highest BCUT2D eigenvalue weighted by atomic mass is 31.2. The monoisotopic (exact) mass is 1310 g/mol. The Morgan fingerprint density at radius 3 is 0.663 bits per heavy atom. The molecule has 0 saturated heterocycles. The molecule has 3 N–H and O–H groups in total. The number of aliphatic hydroxyl groups is 1. The Kier molecular flexibility index (Phi) is 63.3. The summed E-state index contributed by atoms with van der Waals surface area (Å²) in [6.07, 6.45) is 52.8. The van der Waals surface area contributed by atoms with Gasteiger partial charge in [-0.1, -0.05) is 317 Å². The van der Waals surface area contributed by atoms with E-state index in [1.807, 2.05) is 0 Å². The van der Waals surface area contributed by atoms with Crippen LogP contribution in [0.2, 0.25) is 0 Å². The summed E-state index contributed by atoms with van der Waals surface area (Å²) >= 11 is 0. The van der Waals surface area contributed by atoms with Crippen molar-refractivity contribution in [1.82, 2.24) is 0 Å². The molecule has 19 heteroatoms. The highest BCUT2D eigenvalue weighted by molar-refractivity contribution is 7.47. The van der Waals surface area contributed by atoms with Gasteiger partial charge in [-0.15, -0.1) is 0 Å². The zero-order valence-corrected chi connectivity index (χ0v) is 59.2. The summed E-state index contributed by atoms with van der Waals surface area (Å²) in [4.78, 5) is 72.4. The average Bonchev–Trinajstić information content (AvgIpc) is 3.58. The fourth-order valence-corrected chi connectivity index (χ4v) is 12.3. The lowest BCUT2D eigenvalue weighted by atomic mass is 10.0. The van der Waals surface area contributed by atoms with E-state index >= 15 is 0 Å². The molecule has 0 aliphatic heterocycles. The number of hydrogen-bond acceptors (Lipinski definition) is 15. The summed E-state index contributed by atoms with van der Waals surface area (Å²) in [6, 6.07) is 0. The first-order chi connectivity index (χ1) is 43.2. The van der Waals surface area contributed by atoms with E-state index in [0.29, 0.717) is 25.7 Å². The van der Waals surface area contributed by atoms with Crippen LogP contribution >= 0.6 is 15.6 Å². The number of carbonyl (C=O) groups excluding carboxylic acids is 4. The second-order valence-electron chi connectivity index (χ2n) is 25.3. The molecule has 2 unspecified atom stereocenters. The van der Waals surface area contributed by atoms with E-state index in [1.165, 1.54) is 186 Å². The lowest BCUT2D eigenvalue weighted by Gasteiger charge is -2.21. The van der Waals surface area contributed by atoms with Gasteiger partial charge in [-0.25, -0.2) is 9.13 Å². The molecule has 5 atom stereocenters. The van der Waals surface area contributed by atoms with Crippen LogP contribution in [0.5, 0.6) is 0 Å². The van der Waals surface area contributed by atoms with E-state index in [4.69, 9.17) is 37.0 Å². The molecule has 0 aromatic heterocycles. The van der Waals surface area contributed by atoms with Gasteiger partial charge in [0, 0.05) is 25.7 Å². The molecular formula is C70H136O17P2. The van der Waals surface area contributed by atoms with E-state index in [-0.39, 0.29) is 25.7 Å². The van der Waals surface area contributed by atoms with Crippen molar-refractivity contribution in [2.45, 2.75) is 386 Å². The van der Waals surface area contributed by atoms with E-state index in [0.717, 1.165) is 103 Å². The fourth-order valence-electron chi connectivity index (χ4n) is 10.7. The minimum absolute atomic E-state index is 0.107. The van der Waals surface area contributed by atoms with Crippen LogP contribution < -0.4 is 0 Å². The molecule has 0 spiro atoms. The van der Waals surface area contributed by atoms with Crippen molar-refractivity contribution in [3.05, 3.63) is 0 Å². The Morgan fingerprint density at radius 2 is 0.449 bits per heavy atom. The van der Waals surface area contributed by atoms with Crippen molar-refractivity contribution in [1.29, 1.82) is 0 Å². The third kappa shape index (κ3) is 64.6. The Hall–Kier alpha value is -1.94. The number of rotatable bonds is 71. The lowest BCUT2D eigenvalue weighted by Crippen LogP contribution is -2.30. The van der Waals surface area contributed by atoms with Crippen LogP contribution in [0.25, 0.3) is 0 Å². The summed E-state index contributed by atoms with van der Waals surface area (Å²) in [5.74, 6) is -2.12. The van der Waals surface area contributed by atoms with E-state index in [2.05, 4.69) is 27.7 Å². The maximum Gasteiger partial charge on any atom is 0.472 e. The number of ether oxygens (including phenoxy) is 4. The zero-order chi connectivity index (χ0) is 65.4. The van der Waals surface area contributed by atoms with Crippen LogP contribution in [0.1, 0.15) is 368 Å². The zero-order valence-electron chi connectivity index (χ0n) is 57.4. The van der Waals surface area contributed by atoms with Crippen LogP contribution in [0, 0.1) is 0 Å². The first-order valence-corrected chi connectivity index (χ1v) is 39.8. The summed E-state index contributed by atoms with van der Waals surface area (Å²) in [6.45, 7) is 4.90. The van der Waals surface area contributed by atoms with Gasteiger partial charge in [-0.2, -0.15) is 0 Å². The SMILES string of the molecule is CCCCCCCCCCCCCCCCCCCC(=O)O[C@H](COC(=O)CCCCCCCCCCCCCCCCC)COP(=O)(O)OC[C@@H](O)COP(=O)(O)OC[C@@H](COC(=O)CCCCCCCCC)OC(=O)CCCCCCCCCCCC. The van der Waals surface area contributed by atoms with Gasteiger partial charge in [0.25, 0.3) is 0 Å². The molecule has 0 aromatic rings. The Morgan fingerprint density at radius 1 is 0.270 bits per heavy atom. The van der Waals surface area contributed by atoms with Gasteiger partial charge in [0.15, 0.2) is 12.2 Å². The summed E-state index contributed by atoms with van der Waals surface area (Å²) < 4.78 is 68.2. The van der Waals surface area contributed by atoms with Gasteiger partial charge in [0.2, 0.25) is 0 Å².